The maximum absolute atomic E-state index is 13.8. The number of alkyl halides is 3. The number of benzene rings is 2. The van der Waals surface area contributed by atoms with E-state index in [1.165, 1.54) is 51.3 Å². The summed E-state index contributed by atoms with van der Waals surface area (Å²) in [7, 11) is 1.17. The number of quaternary nitrogens is 1. The highest BCUT2D eigenvalue weighted by Gasteiger charge is 2.62. The SMILES string of the molecule is COC1=NC(NC(=O)c2ccc(Cl)cc2Cl)=C(C(=O)O)[N+]1(c1ccc(F)cc1)C(C)(C)COCC(F)(F)F. The first-order valence-corrected chi connectivity index (χ1v) is 11.6. The highest BCUT2D eigenvalue weighted by atomic mass is 35.5. The molecule has 0 fully saturated rings. The van der Waals surface area contributed by atoms with Crippen molar-refractivity contribution in [2.45, 2.75) is 25.6 Å². The van der Waals surface area contributed by atoms with Gasteiger partial charge in [-0.2, -0.15) is 17.7 Å². The van der Waals surface area contributed by atoms with Crippen molar-refractivity contribution in [1.29, 1.82) is 0 Å². The van der Waals surface area contributed by atoms with Crippen LogP contribution < -0.4 is 9.80 Å². The zero-order valence-electron chi connectivity index (χ0n) is 20.2. The van der Waals surface area contributed by atoms with Gasteiger partial charge in [-0.1, -0.05) is 23.2 Å². The van der Waals surface area contributed by atoms with Crippen LogP contribution in [0.1, 0.15) is 24.2 Å². The molecule has 38 heavy (non-hydrogen) atoms. The first-order valence-electron chi connectivity index (χ1n) is 10.8. The Morgan fingerprint density at radius 1 is 1.08 bits per heavy atom. The largest absolute Gasteiger partial charge is 0.474 e. The molecule has 1 heterocycles. The molecule has 1 unspecified atom stereocenters. The predicted molar refractivity (Wildman–Crippen MR) is 132 cm³/mol. The number of carboxylic acid groups (broad SMARTS) is 1. The van der Waals surface area contributed by atoms with Gasteiger partial charge in [0, 0.05) is 17.2 Å². The fourth-order valence-corrected chi connectivity index (χ4v) is 4.66. The van der Waals surface area contributed by atoms with E-state index in [0.717, 1.165) is 12.1 Å². The van der Waals surface area contributed by atoms with Gasteiger partial charge in [0.05, 0.1) is 17.7 Å². The van der Waals surface area contributed by atoms with Crippen LogP contribution in [0.2, 0.25) is 10.0 Å². The van der Waals surface area contributed by atoms with Gasteiger partial charge in [-0.25, -0.2) is 9.18 Å². The third-order valence-electron chi connectivity index (χ3n) is 5.69. The number of halogens is 6. The number of rotatable bonds is 8. The average molecular weight is 579 g/mol. The maximum Gasteiger partial charge on any atom is 0.412 e. The highest BCUT2D eigenvalue weighted by molar-refractivity contribution is 6.36. The van der Waals surface area contributed by atoms with Gasteiger partial charge in [-0.15, -0.1) is 4.99 Å². The molecule has 0 radical (unpaired) electrons. The standard InChI is InChI=1S/C24H21Cl2F4N3O5/c1-23(2,11-38-12-24(28,29)30)33(15-7-5-14(27)6-8-15)18(21(35)36)19(32-22(33)37-3)31-20(34)16-9-4-13(25)10-17(16)26/h4-10H,11-12H2,1-3H3,(H-,31,34,35,36)/p+1. The second-order valence-corrected chi connectivity index (χ2v) is 9.59. The zero-order valence-corrected chi connectivity index (χ0v) is 21.7. The zero-order chi connectivity index (χ0) is 28.5. The molecule has 0 aromatic heterocycles. The topological polar surface area (TPSA) is 97.2 Å². The Morgan fingerprint density at radius 2 is 1.71 bits per heavy atom. The van der Waals surface area contributed by atoms with Gasteiger partial charge in [0.15, 0.2) is 0 Å². The molecule has 0 saturated carbocycles. The number of carbonyl (C=O) groups excluding carboxylic acids is 1. The van der Waals surface area contributed by atoms with Crippen LogP contribution in [0.25, 0.3) is 0 Å². The quantitative estimate of drug-likeness (QED) is 0.318. The van der Waals surface area contributed by atoms with E-state index in [0.29, 0.717) is 0 Å². The second kappa shape index (κ2) is 10.9. The second-order valence-electron chi connectivity index (χ2n) is 8.75. The van der Waals surface area contributed by atoms with Crippen LogP contribution in [0, 0.1) is 5.82 Å². The molecular formula is C24H22Cl2F4N3O5+. The van der Waals surface area contributed by atoms with Crippen LogP contribution in [0.3, 0.4) is 0 Å². The molecule has 0 aliphatic carbocycles. The first kappa shape index (κ1) is 29.4. The molecule has 0 spiro atoms. The lowest BCUT2D eigenvalue weighted by atomic mass is 9.96. The number of amidine groups is 1. The summed E-state index contributed by atoms with van der Waals surface area (Å²) < 4.78 is 61.8. The van der Waals surface area contributed by atoms with E-state index in [-0.39, 0.29) is 27.3 Å². The number of methoxy groups -OCH3 is 1. The Bertz CT molecular complexity index is 1310. The van der Waals surface area contributed by atoms with E-state index in [2.05, 4.69) is 10.3 Å². The summed E-state index contributed by atoms with van der Waals surface area (Å²) in [4.78, 5) is 30.0. The van der Waals surface area contributed by atoms with Crippen molar-refractivity contribution in [3.8, 4) is 0 Å². The molecule has 2 aromatic carbocycles. The number of hydrogen-bond donors (Lipinski definition) is 2. The molecule has 1 amide bonds. The lowest BCUT2D eigenvalue weighted by Crippen LogP contribution is -2.68. The van der Waals surface area contributed by atoms with Gasteiger partial charge in [0.25, 0.3) is 11.6 Å². The van der Waals surface area contributed by atoms with E-state index < -0.39 is 58.6 Å². The molecule has 14 heteroatoms. The molecule has 3 rings (SSSR count). The van der Waals surface area contributed by atoms with Crippen molar-refractivity contribution in [1.82, 2.24) is 9.80 Å². The summed E-state index contributed by atoms with van der Waals surface area (Å²) in [6, 6.07) is 8.24. The molecule has 1 atom stereocenters. The summed E-state index contributed by atoms with van der Waals surface area (Å²) in [5.74, 6) is -3.56. The fraction of sp³-hybridized carbons (Fsp3) is 0.292. The number of nitrogens with one attached hydrogen (secondary N) is 1. The Labute approximate surface area is 224 Å². The summed E-state index contributed by atoms with van der Waals surface area (Å²) in [5.41, 5.74) is -2.14. The monoisotopic (exact) mass is 578 g/mol. The lowest BCUT2D eigenvalue weighted by Gasteiger charge is -2.44. The van der Waals surface area contributed by atoms with Crippen LogP contribution >= 0.6 is 23.2 Å². The summed E-state index contributed by atoms with van der Waals surface area (Å²) in [5, 5.41) is 13.0. The highest BCUT2D eigenvalue weighted by Crippen LogP contribution is 2.44. The maximum atomic E-state index is 13.8. The van der Waals surface area contributed by atoms with Crippen LogP contribution in [0.5, 0.6) is 0 Å². The van der Waals surface area contributed by atoms with Crippen LogP contribution in [-0.2, 0) is 14.3 Å². The Kier molecular flexibility index (Phi) is 8.42. The van der Waals surface area contributed by atoms with Crippen molar-refractivity contribution in [3.05, 3.63) is 75.4 Å². The van der Waals surface area contributed by atoms with Crippen LogP contribution in [0.4, 0.5) is 23.2 Å². The Hall–Kier alpha value is -3.19. The molecular weight excluding hydrogens is 557 g/mol. The van der Waals surface area contributed by atoms with Gasteiger partial charge < -0.3 is 19.9 Å². The predicted octanol–water partition coefficient (Wildman–Crippen LogP) is 5.50. The van der Waals surface area contributed by atoms with E-state index in [9.17, 15) is 32.3 Å². The molecule has 2 aromatic rings. The lowest BCUT2D eigenvalue weighted by molar-refractivity contribution is -0.179. The van der Waals surface area contributed by atoms with Crippen molar-refractivity contribution in [2.24, 2.45) is 4.99 Å². The number of aliphatic imine (C=N–C) groups is 1. The number of amides is 1. The minimum Gasteiger partial charge on any atom is -0.474 e. The number of hydrogen-bond acceptors (Lipinski definition) is 5. The minimum atomic E-state index is -4.65. The number of carbonyl (C=O) groups is 2. The van der Waals surface area contributed by atoms with E-state index in [1.54, 1.807) is 0 Å². The van der Waals surface area contributed by atoms with E-state index in [4.69, 9.17) is 32.7 Å². The normalized spacial score (nSPS) is 17.9. The van der Waals surface area contributed by atoms with Gasteiger partial charge in [-0.3, -0.25) is 4.79 Å². The van der Waals surface area contributed by atoms with Gasteiger partial charge in [-0.05, 0) is 44.2 Å². The number of nitrogens with zero attached hydrogens (tertiary/aromatic N) is 2. The summed E-state index contributed by atoms with van der Waals surface area (Å²) >= 11 is 12.0. The molecule has 0 bridgehead atoms. The molecule has 8 nitrogen and oxygen atoms in total. The van der Waals surface area contributed by atoms with E-state index in [1.807, 2.05) is 0 Å². The molecule has 2 N–H and O–H groups in total. The molecule has 204 valence electrons. The Morgan fingerprint density at radius 3 is 2.24 bits per heavy atom. The Balaban J connectivity index is 2.23. The number of ether oxygens (including phenoxy) is 2. The summed E-state index contributed by atoms with van der Waals surface area (Å²) in [6.07, 6.45) is -4.65. The number of carboxylic acids is 1. The van der Waals surface area contributed by atoms with Crippen LogP contribution in [0.15, 0.2) is 59.0 Å². The average Bonchev–Trinajstić information content (AvgIpc) is 3.14. The molecule has 0 saturated heterocycles. The van der Waals surface area contributed by atoms with Crippen molar-refractivity contribution >= 4 is 46.8 Å². The third-order valence-corrected chi connectivity index (χ3v) is 6.24. The third kappa shape index (κ3) is 5.63. The summed E-state index contributed by atoms with van der Waals surface area (Å²) in [6.45, 7) is 0.591. The smallest absolute Gasteiger partial charge is 0.412 e. The van der Waals surface area contributed by atoms with Gasteiger partial charge in [0.1, 0.15) is 30.3 Å². The van der Waals surface area contributed by atoms with Crippen LogP contribution in [-0.4, -0.2) is 55.0 Å². The van der Waals surface area contributed by atoms with Gasteiger partial charge >= 0.3 is 18.2 Å². The number of aliphatic carboxylic acids is 1. The fourth-order valence-electron chi connectivity index (χ4n) is 4.17. The van der Waals surface area contributed by atoms with Crippen molar-refractivity contribution in [2.75, 3.05) is 20.3 Å². The molecule has 1 aliphatic heterocycles. The van der Waals surface area contributed by atoms with Crippen molar-refractivity contribution < 1.29 is 41.7 Å². The molecule has 1 aliphatic rings. The van der Waals surface area contributed by atoms with Gasteiger partial charge in [0.2, 0.25) is 5.82 Å². The van der Waals surface area contributed by atoms with Crippen molar-refractivity contribution in [3.63, 3.8) is 0 Å². The first-order chi connectivity index (χ1) is 17.6. The van der Waals surface area contributed by atoms with E-state index >= 15 is 0 Å². The minimum absolute atomic E-state index is 0.0263.